The molecule has 0 unspecified atom stereocenters. The van der Waals surface area contributed by atoms with E-state index >= 15 is 0 Å². The normalized spacial score (nSPS) is 14.2. The number of carbonyl (C=O) groups is 2. The lowest BCUT2D eigenvalue weighted by molar-refractivity contribution is -0.140. The van der Waals surface area contributed by atoms with Gasteiger partial charge in [-0.2, -0.15) is 0 Å². The molecule has 0 heterocycles. The molecule has 0 aromatic heterocycles. The number of ether oxygens (including phenoxy) is 1. The Bertz CT molecular complexity index is 1500. The van der Waals surface area contributed by atoms with Gasteiger partial charge in [-0.3, -0.25) is 13.9 Å². The van der Waals surface area contributed by atoms with Crippen molar-refractivity contribution in [1.82, 2.24) is 10.2 Å². The molecule has 0 spiro atoms. The van der Waals surface area contributed by atoms with E-state index in [0.29, 0.717) is 18.8 Å². The summed E-state index contributed by atoms with van der Waals surface area (Å²) in [5.41, 5.74) is 3.07. The smallest absolute Gasteiger partial charge is 0.264 e. The molecule has 230 valence electrons. The Morgan fingerprint density at radius 1 is 0.930 bits per heavy atom. The number of hydrogen-bond acceptors (Lipinski definition) is 5. The van der Waals surface area contributed by atoms with Crippen LogP contribution in [0.5, 0.6) is 5.75 Å². The highest BCUT2D eigenvalue weighted by Crippen LogP contribution is 2.33. The molecule has 0 aliphatic heterocycles. The van der Waals surface area contributed by atoms with Crippen LogP contribution < -0.4 is 14.4 Å². The Balaban J connectivity index is 1.75. The molecular weight excluding hydrogens is 562 g/mol. The summed E-state index contributed by atoms with van der Waals surface area (Å²) < 4.78 is 35.3. The number of anilines is 1. The van der Waals surface area contributed by atoms with Crippen molar-refractivity contribution in [2.24, 2.45) is 0 Å². The van der Waals surface area contributed by atoms with Gasteiger partial charge in [0.05, 0.1) is 17.2 Å². The van der Waals surface area contributed by atoms with Crippen LogP contribution in [0.25, 0.3) is 0 Å². The number of sulfonamides is 1. The van der Waals surface area contributed by atoms with E-state index in [-0.39, 0.29) is 29.1 Å². The zero-order chi connectivity index (χ0) is 31.0. The summed E-state index contributed by atoms with van der Waals surface area (Å²) >= 11 is 0. The molecular formula is C34H43N3O5S. The lowest BCUT2D eigenvalue weighted by atomic mass is 10.1. The molecule has 1 saturated carbocycles. The van der Waals surface area contributed by atoms with E-state index in [0.717, 1.165) is 46.7 Å². The first kappa shape index (κ1) is 32.1. The van der Waals surface area contributed by atoms with E-state index in [2.05, 4.69) is 5.32 Å². The van der Waals surface area contributed by atoms with Gasteiger partial charge in [-0.15, -0.1) is 0 Å². The van der Waals surface area contributed by atoms with Crippen molar-refractivity contribution in [2.75, 3.05) is 17.5 Å². The monoisotopic (exact) mass is 605 g/mol. The van der Waals surface area contributed by atoms with Gasteiger partial charge in [-0.05, 0) is 69.9 Å². The molecule has 43 heavy (non-hydrogen) atoms. The highest BCUT2D eigenvalue weighted by atomic mass is 32.2. The summed E-state index contributed by atoms with van der Waals surface area (Å²) in [6.07, 6.45) is 4.36. The van der Waals surface area contributed by atoms with Crippen LogP contribution in [0.4, 0.5) is 5.69 Å². The third-order valence-electron chi connectivity index (χ3n) is 7.84. The van der Waals surface area contributed by atoms with Crippen LogP contribution in [0.1, 0.15) is 62.6 Å². The Morgan fingerprint density at radius 2 is 1.63 bits per heavy atom. The molecule has 1 aliphatic carbocycles. The predicted octanol–water partition coefficient (Wildman–Crippen LogP) is 5.76. The minimum atomic E-state index is -4.19. The number of nitrogens with zero attached hydrogens (tertiary/aromatic N) is 2. The Kier molecular flexibility index (Phi) is 10.9. The van der Waals surface area contributed by atoms with E-state index in [1.807, 2.05) is 52.0 Å². The predicted molar refractivity (Wildman–Crippen MR) is 170 cm³/mol. The molecule has 0 radical (unpaired) electrons. The van der Waals surface area contributed by atoms with Crippen LogP contribution >= 0.6 is 0 Å². The van der Waals surface area contributed by atoms with E-state index in [9.17, 15) is 18.0 Å². The van der Waals surface area contributed by atoms with E-state index in [4.69, 9.17) is 4.74 Å². The second-order valence-corrected chi connectivity index (χ2v) is 13.0. The fourth-order valence-electron chi connectivity index (χ4n) is 5.59. The largest absolute Gasteiger partial charge is 0.492 e. The number of hydrogen-bond donors (Lipinski definition) is 1. The van der Waals surface area contributed by atoms with Gasteiger partial charge in [0.2, 0.25) is 11.8 Å². The lowest BCUT2D eigenvalue weighted by Crippen LogP contribution is -2.53. The molecule has 8 nitrogen and oxygen atoms in total. The van der Waals surface area contributed by atoms with Gasteiger partial charge >= 0.3 is 0 Å². The van der Waals surface area contributed by atoms with Crippen LogP contribution in [0.2, 0.25) is 0 Å². The number of amides is 2. The fraction of sp³-hybridized carbons (Fsp3) is 0.412. The van der Waals surface area contributed by atoms with Crippen LogP contribution in [-0.4, -0.2) is 50.4 Å². The van der Waals surface area contributed by atoms with Crippen LogP contribution in [-0.2, 0) is 26.2 Å². The third kappa shape index (κ3) is 7.96. The number of aryl methyl sites for hydroxylation is 2. The van der Waals surface area contributed by atoms with Gasteiger partial charge in [-0.25, -0.2) is 8.42 Å². The topological polar surface area (TPSA) is 96.0 Å². The zero-order valence-corrected chi connectivity index (χ0v) is 26.4. The molecule has 1 N–H and O–H groups in total. The van der Waals surface area contributed by atoms with Crippen molar-refractivity contribution in [3.63, 3.8) is 0 Å². The number of nitrogens with one attached hydrogen (secondary N) is 1. The van der Waals surface area contributed by atoms with Crippen molar-refractivity contribution < 1.29 is 22.7 Å². The second kappa shape index (κ2) is 14.6. The van der Waals surface area contributed by atoms with Gasteiger partial charge in [0.25, 0.3) is 10.0 Å². The minimum absolute atomic E-state index is 0.0634. The van der Waals surface area contributed by atoms with Crippen molar-refractivity contribution in [3.05, 3.63) is 89.5 Å². The number of rotatable bonds is 13. The summed E-state index contributed by atoms with van der Waals surface area (Å²) in [5, 5.41) is 3.15. The number of para-hydroxylation sites is 2. The average Bonchev–Trinajstić information content (AvgIpc) is 3.49. The third-order valence-corrected chi connectivity index (χ3v) is 9.62. The summed E-state index contributed by atoms with van der Waals surface area (Å²) in [6.45, 7) is 7.54. The molecule has 0 bridgehead atoms. The molecule has 9 heteroatoms. The van der Waals surface area contributed by atoms with Gasteiger partial charge in [-0.1, -0.05) is 79.4 Å². The van der Waals surface area contributed by atoms with Crippen molar-refractivity contribution in [2.45, 2.75) is 83.3 Å². The standard InChI is InChI=1S/C34H43N3O5S/c1-5-30(34(39)35-28-14-7-8-15-28)36(23-27-13-11-12-26(4)22-27)33(38)24-37(31-16-9-10-17-32(31)42-6-2)43(40,41)29-20-18-25(3)19-21-29/h9-13,16-22,28,30H,5-8,14-15,23-24H2,1-4H3,(H,35,39)/t30-/m0/s1. The maximum absolute atomic E-state index is 14.4. The quantitative estimate of drug-likeness (QED) is 0.267. The summed E-state index contributed by atoms with van der Waals surface area (Å²) in [5.74, 6) is -0.334. The molecule has 3 aromatic carbocycles. The first-order chi connectivity index (χ1) is 20.6. The highest BCUT2D eigenvalue weighted by Gasteiger charge is 2.35. The Hall–Kier alpha value is -3.85. The lowest BCUT2D eigenvalue weighted by Gasteiger charge is -2.34. The molecule has 3 aromatic rings. The molecule has 1 aliphatic rings. The number of carbonyl (C=O) groups excluding carboxylic acids is 2. The average molecular weight is 606 g/mol. The van der Waals surface area contributed by atoms with Crippen LogP contribution in [0.15, 0.2) is 77.7 Å². The van der Waals surface area contributed by atoms with Crippen LogP contribution in [0.3, 0.4) is 0 Å². The molecule has 0 saturated heterocycles. The second-order valence-electron chi connectivity index (χ2n) is 11.2. The molecule has 1 fully saturated rings. The van der Waals surface area contributed by atoms with E-state index in [1.165, 1.54) is 4.90 Å². The number of benzene rings is 3. The molecule has 4 rings (SSSR count). The van der Waals surface area contributed by atoms with E-state index < -0.39 is 28.5 Å². The Labute approximate surface area is 256 Å². The van der Waals surface area contributed by atoms with E-state index in [1.54, 1.807) is 48.5 Å². The summed E-state index contributed by atoms with van der Waals surface area (Å²) in [7, 11) is -4.19. The minimum Gasteiger partial charge on any atom is -0.492 e. The zero-order valence-electron chi connectivity index (χ0n) is 25.6. The molecule has 1 atom stereocenters. The van der Waals surface area contributed by atoms with Crippen molar-refractivity contribution >= 4 is 27.5 Å². The highest BCUT2D eigenvalue weighted by molar-refractivity contribution is 7.92. The van der Waals surface area contributed by atoms with Crippen molar-refractivity contribution in [3.8, 4) is 5.75 Å². The summed E-state index contributed by atoms with van der Waals surface area (Å²) in [6, 6.07) is 20.5. The van der Waals surface area contributed by atoms with Gasteiger partial charge in [0.1, 0.15) is 18.3 Å². The first-order valence-corrected chi connectivity index (χ1v) is 16.5. The van der Waals surface area contributed by atoms with Gasteiger partial charge in [0, 0.05) is 12.6 Å². The van der Waals surface area contributed by atoms with Gasteiger partial charge < -0.3 is 15.0 Å². The fourth-order valence-corrected chi connectivity index (χ4v) is 7.01. The first-order valence-electron chi connectivity index (χ1n) is 15.1. The Morgan fingerprint density at radius 3 is 2.28 bits per heavy atom. The summed E-state index contributed by atoms with van der Waals surface area (Å²) in [4.78, 5) is 29.6. The van der Waals surface area contributed by atoms with Gasteiger partial charge in [0.15, 0.2) is 0 Å². The van der Waals surface area contributed by atoms with Crippen LogP contribution in [0, 0.1) is 13.8 Å². The maximum atomic E-state index is 14.4. The SMILES string of the molecule is CCOc1ccccc1N(CC(=O)N(Cc1cccc(C)c1)[C@@H](CC)C(=O)NC1CCCC1)S(=O)(=O)c1ccc(C)cc1. The molecule has 2 amide bonds. The maximum Gasteiger partial charge on any atom is 0.264 e. The van der Waals surface area contributed by atoms with Crippen molar-refractivity contribution in [1.29, 1.82) is 0 Å².